The molecule has 8 rings (SSSR count). The third-order valence-electron chi connectivity index (χ3n) is 10.4. The van der Waals surface area contributed by atoms with Crippen LogP contribution >= 0.6 is 0 Å². The van der Waals surface area contributed by atoms with Crippen LogP contribution in [0.2, 0.25) is 0 Å². The first-order valence-electron chi connectivity index (χ1n) is 17.7. The minimum absolute atomic E-state index is 0.728. The summed E-state index contributed by atoms with van der Waals surface area (Å²) in [6, 6.07) is 51.1. The van der Waals surface area contributed by atoms with Gasteiger partial charge in [-0.2, -0.15) is 0 Å². The van der Waals surface area contributed by atoms with Gasteiger partial charge in [-0.15, -0.1) is 0 Å². The molecule has 0 unspecified atom stereocenters. The SMILES string of the molecule is O=Cc1ccc(-c2ccc(CCCCCCc3ccc(-c4ccc(C=O)c5ccccc45)c4ccccc34)c3ccccc23)c2ccccc12. The molecule has 50 heavy (non-hydrogen) atoms. The predicted molar refractivity (Wildman–Crippen MR) is 210 cm³/mol. The van der Waals surface area contributed by atoms with Crippen LogP contribution in [0.5, 0.6) is 0 Å². The minimum Gasteiger partial charge on any atom is -0.298 e. The Labute approximate surface area is 293 Å². The normalized spacial score (nSPS) is 11.4. The number of fused-ring (bicyclic) bond motifs is 4. The monoisotopic (exact) mass is 646 g/mol. The van der Waals surface area contributed by atoms with Gasteiger partial charge >= 0.3 is 0 Å². The summed E-state index contributed by atoms with van der Waals surface area (Å²) in [6.07, 6.45) is 8.71. The Morgan fingerprint density at radius 1 is 0.300 bits per heavy atom. The molecule has 8 aromatic rings. The highest BCUT2D eigenvalue weighted by Crippen LogP contribution is 2.38. The number of aldehydes is 2. The van der Waals surface area contributed by atoms with E-state index in [-0.39, 0.29) is 0 Å². The Balaban J connectivity index is 0.964. The smallest absolute Gasteiger partial charge is 0.150 e. The topological polar surface area (TPSA) is 34.1 Å². The van der Waals surface area contributed by atoms with Crippen LogP contribution in [0.15, 0.2) is 146 Å². The van der Waals surface area contributed by atoms with Crippen LogP contribution in [0.1, 0.15) is 57.5 Å². The number of hydrogen-bond donors (Lipinski definition) is 0. The van der Waals surface area contributed by atoms with Crippen molar-refractivity contribution < 1.29 is 9.59 Å². The van der Waals surface area contributed by atoms with E-state index in [9.17, 15) is 9.59 Å². The summed E-state index contributed by atoms with van der Waals surface area (Å²) < 4.78 is 0. The minimum atomic E-state index is 0.728. The zero-order valence-electron chi connectivity index (χ0n) is 28.1. The van der Waals surface area contributed by atoms with Crippen LogP contribution in [0, 0.1) is 0 Å². The molecule has 0 amide bonds. The molecule has 2 heteroatoms. The number of unbranched alkanes of at least 4 members (excludes halogenated alkanes) is 3. The maximum atomic E-state index is 11.7. The number of aryl methyl sites for hydroxylation is 2. The predicted octanol–water partition coefficient (Wildman–Crippen LogP) is 12.6. The number of hydrogen-bond acceptors (Lipinski definition) is 2. The maximum absolute atomic E-state index is 11.7. The van der Waals surface area contributed by atoms with Crippen molar-refractivity contribution in [1.82, 2.24) is 0 Å². The van der Waals surface area contributed by atoms with Gasteiger partial charge in [0.25, 0.3) is 0 Å². The molecule has 0 radical (unpaired) electrons. The van der Waals surface area contributed by atoms with E-state index in [0.717, 1.165) is 70.9 Å². The van der Waals surface area contributed by atoms with Crippen LogP contribution in [0.4, 0.5) is 0 Å². The van der Waals surface area contributed by atoms with Crippen molar-refractivity contribution in [2.24, 2.45) is 0 Å². The third-order valence-corrected chi connectivity index (χ3v) is 10.4. The summed E-state index contributed by atoms with van der Waals surface area (Å²) in [5.74, 6) is 0. The molecular weight excluding hydrogens is 609 g/mol. The van der Waals surface area contributed by atoms with Gasteiger partial charge in [-0.3, -0.25) is 9.59 Å². The van der Waals surface area contributed by atoms with Crippen molar-refractivity contribution >= 4 is 55.7 Å². The van der Waals surface area contributed by atoms with Gasteiger partial charge in [-0.05, 0) is 102 Å². The second kappa shape index (κ2) is 13.9. The Morgan fingerprint density at radius 3 is 0.960 bits per heavy atom. The Hall–Kier alpha value is -5.86. The quantitative estimate of drug-likeness (QED) is 0.103. The zero-order chi connectivity index (χ0) is 33.9. The van der Waals surface area contributed by atoms with E-state index in [1.54, 1.807) is 0 Å². The second-order valence-corrected chi connectivity index (χ2v) is 13.3. The molecule has 0 aliphatic carbocycles. The van der Waals surface area contributed by atoms with Crippen LogP contribution in [0.3, 0.4) is 0 Å². The second-order valence-electron chi connectivity index (χ2n) is 13.3. The Bertz CT molecular complexity index is 2360. The molecule has 0 saturated carbocycles. The Morgan fingerprint density at radius 2 is 0.600 bits per heavy atom. The van der Waals surface area contributed by atoms with Gasteiger partial charge in [-0.25, -0.2) is 0 Å². The fourth-order valence-electron chi connectivity index (χ4n) is 7.93. The van der Waals surface area contributed by atoms with Gasteiger partial charge in [0.05, 0.1) is 0 Å². The van der Waals surface area contributed by atoms with Crippen LogP contribution < -0.4 is 0 Å². The van der Waals surface area contributed by atoms with Gasteiger partial charge in [0.1, 0.15) is 0 Å². The summed E-state index contributed by atoms with van der Waals surface area (Å²) in [4.78, 5) is 23.4. The lowest BCUT2D eigenvalue weighted by atomic mass is 9.89. The number of carbonyl (C=O) groups is 2. The van der Waals surface area contributed by atoms with Gasteiger partial charge in [-0.1, -0.05) is 158 Å². The summed E-state index contributed by atoms with van der Waals surface area (Å²) in [7, 11) is 0. The number of benzene rings is 8. The van der Waals surface area contributed by atoms with E-state index in [1.165, 1.54) is 67.8 Å². The first kappa shape index (κ1) is 31.4. The average molecular weight is 647 g/mol. The van der Waals surface area contributed by atoms with Crippen molar-refractivity contribution in [2.75, 3.05) is 0 Å². The van der Waals surface area contributed by atoms with E-state index >= 15 is 0 Å². The Kier molecular flexibility index (Phi) is 8.76. The average Bonchev–Trinajstić information content (AvgIpc) is 3.18. The lowest BCUT2D eigenvalue weighted by Gasteiger charge is -2.15. The van der Waals surface area contributed by atoms with Gasteiger partial charge in [0, 0.05) is 11.1 Å². The summed E-state index contributed by atoms with van der Waals surface area (Å²) in [6.45, 7) is 0. The van der Waals surface area contributed by atoms with E-state index in [2.05, 4.69) is 97.1 Å². The highest BCUT2D eigenvalue weighted by molar-refractivity contribution is 6.11. The van der Waals surface area contributed by atoms with Crippen LogP contribution in [-0.4, -0.2) is 12.6 Å². The summed E-state index contributed by atoms with van der Waals surface area (Å²) in [5.41, 5.74) is 9.00. The van der Waals surface area contributed by atoms with Gasteiger partial charge in [0.15, 0.2) is 12.6 Å². The van der Waals surface area contributed by atoms with Gasteiger partial charge < -0.3 is 0 Å². The van der Waals surface area contributed by atoms with E-state index in [1.807, 2.05) is 48.5 Å². The molecule has 0 bridgehead atoms. The molecule has 0 aliphatic rings. The molecule has 0 aromatic heterocycles. The van der Waals surface area contributed by atoms with E-state index in [4.69, 9.17) is 0 Å². The molecule has 0 spiro atoms. The molecule has 0 atom stereocenters. The number of carbonyl (C=O) groups excluding carboxylic acids is 2. The zero-order valence-corrected chi connectivity index (χ0v) is 28.1. The fraction of sp³-hybridized carbons (Fsp3) is 0.125. The van der Waals surface area contributed by atoms with Crippen LogP contribution in [-0.2, 0) is 12.8 Å². The van der Waals surface area contributed by atoms with E-state index < -0.39 is 0 Å². The highest BCUT2D eigenvalue weighted by Gasteiger charge is 2.14. The molecule has 0 N–H and O–H groups in total. The summed E-state index contributed by atoms with van der Waals surface area (Å²) in [5, 5.41) is 9.36. The van der Waals surface area contributed by atoms with Crippen molar-refractivity contribution in [2.45, 2.75) is 38.5 Å². The molecule has 0 fully saturated rings. The third kappa shape index (κ3) is 5.77. The molecule has 8 aromatic carbocycles. The van der Waals surface area contributed by atoms with E-state index in [0.29, 0.717) is 0 Å². The molecular formula is C48H38O2. The largest absolute Gasteiger partial charge is 0.298 e. The number of rotatable bonds is 11. The van der Waals surface area contributed by atoms with Crippen molar-refractivity contribution in [1.29, 1.82) is 0 Å². The molecule has 2 nitrogen and oxygen atoms in total. The molecule has 0 aliphatic heterocycles. The van der Waals surface area contributed by atoms with Crippen LogP contribution in [0.25, 0.3) is 65.3 Å². The van der Waals surface area contributed by atoms with Crippen molar-refractivity contribution in [3.05, 3.63) is 168 Å². The highest BCUT2D eigenvalue weighted by atomic mass is 16.1. The first-order valence-corrected chi connectivity index (χ1v) is 17.7. The maximum Gasteiger partial charge on any atom is 0.150 e. The lowest BCUT2D eigenvalue weighted by Crippen LogP contribution is -1.94. The van der Waals surface area contributed by atoms with Gasteiger partial charge in [0.2, 0.25) is 0 Å². The molecule has 0 heterocycles. The molecule has 242 valence electrons. The van der Waals surface area contributed by atoms with Crippen molar-refractivity contribution in [3.63, 3.8) is 0 Å². The first-order chi connectivity index (χ1) is 24.7. The summed E-state index contributed by atoms with van der Waals surface area (Å²) >= 11 is 0. The standard InChI is InChI=1S/C48H38O2/c49-31-35-25-29-47(43-21-11-7-17-39(35)43)45-27-23-33(37-15-5-9-19-41(37)45)13-3-1-2-4-14-34-24-28-46(42-20-10-6-16-38(34)42)48-30-26-36(32-50)40-18-8-12-22-44(40)48/h5-12,15-32H,1-4,13-14H2. The molecule has 0 saturated heterocycles. The fourth-order valence-corrected chi connectivity index (χ4v) is 7.93. The van der Waals surface area contributed by atoms with Crippen molar-refractivity contribution in [3.8, 4) is 22.3 Å². The lowest BCUT2D eigenvalue weighted by molar-refractivity contribution is 0.111.